The van der Waals surface area contributed by atoms with E-state index in [4.69, 9.17) is 4.98 Å². The predicted molar refractivity (Wildman–Crippen MR) is 156 cm³/mol. The van der Waals surface area contributed by atoms with Crippen molar-refractivity contribution < 1.29 is 4.79 Å². The molecule has 5 aromatic rings. The second-order valence-corrected chi connectivity index (χ2v) is 10.6. The summed E-state index contributed by atoms with van der Waals surface area (Å²) in [6.45, 7) is 10.8. The van der Waals surface area contributed by atoms with E-state index in [1.165, 1.54) is 5.56 Å². The second kappa shape index (κ2) is 10.1. The lowest BCUT2D eigenvalue weighted by atomic mass is 9.87. The molecule has 0 saturated carbocycles. The highest BCUT2D eigenvalue weighted by molar-refractivity contribution is 6.07. The Hall–Kier alpha value is -4.51. The van der Waals surface area contributed by atoms with Gasteiger partial charge in [-0.3, -0.25) is 4.79 Å². The minimum atomic E-state index is -0.274. The maximum atomic E-state index is 13.3. The number of hydrogen-bond acceptors (Lipinski definition) is 3. The topological polar surface area (TPSA) is 59.3 Å². The molecule has 5 heteroatoms. The molecule has 0 aliphatic rings. The number of hydrazone groups is 1. The third kappa shape index (κ3) is 5.00. The van der Waals surface area contributed by atoms with Crippen LogP contribution in [-0.2, 0) is 5.41 Å². The monoisotopic (exact) mass is 500 g/mol. The number of aryl methyl sites for hydroxylation is 1. The Kier molecular flexibility index (Phi) is 6.68. The zero-order valence-electron chi connectivity index (χ0n) is 22.5. The first-order valence-corrected chi connectivity index (χ1v) is 12.8. The van der Waals surface area contributed by atoms with Gasteiger partial charge in [0.15, 0.2) is 0 Å². The number of benzene rings is 3. The smallest absolute Gasteiger partial charge is 0.272 e. The lowest BCUT2D eigenvalue weighted by Gasteiger charge is -2.20. The van der Waals surface area contributed by atoms with Crippen LogP contribution in [0.4, 0.5) is 0 Å². The molecule has 5 nitrogen and oxygen atoms in total. The number of aromatic nitrogens is 2. The standard InChI is InChI=1S/C33H32N4O/c1-22-19-25(23(2)37(22)27-17-15-26(16-18-27)33(3,4)5)21-34-36-32(38)29-20-31(24-11-7-6-8-12-24)35-30-14-10-9-13-28(29)30/h6-21H,1-5H3,(H,36,38)/b34-21+. The SMILES string of the molecule is Cc1cc(/C=N/NC(=O)c2cc(-c3ccccc3)nc3ccccc23)c(C)n1-c1ccc(C(C)(C)C)cc1. The molecule has 0 aliphatic carbocycles. The second-order valence-electron chi connectivity index (χ2n) is 10.6. The fourth-order valence-electron chi connectivity index (χ4n) is 4.77. The molecule has 3 aromatic carbocycles. The number of nitrogens with one attached hydrogen (secondary N) is 1. The summed E-state index contributed by atoms with van der Waals surface area (Å²) in [5.74, 6) is -0.274. The molecule has 0 spiro atoms. The Bertz CT molecular complexity index is 1640. The molecule has 38 heavy (non-hydrogen) atoms. The van der Waals surface area contributed by atoms with E-state index < -0.39 is 0 Å². The van der Waals surface area contributed by atoms with Crippen LogP contribution in [0.15, 0.2) is 96.1 Å². The quantitative estimate of drug-likeness (QED) is 0.202. The van der Waals surface area contributed by atoms with Gasteiger partial charge in [0, 0.05) is 33.6 Å². The average molecular weight is 501 g/mol. The summed E-state index contributed by atoms with van der Waals surface area (Å²) in [6.07, 6.45) is 1.71. The summed E-state index contributed by atoms with van der Waals surface area (Å²) >= 11 is 0. The molecule has 0 fully saturated rings. The Morgan fingerprint density at radius 3 is 2.29 bits per heavy atom. The van der Waals surface area contributed by atoms with Crippen LogP contribution < -0.4 is 5.43 Å². The fourth-order valence-corrected chi connectivity index (χ4v) is 4.77. The van der Waals surface area contributed by atoms with Crippen LogP contribution in [0.5, 0.6) is 0 Å². The molecule has 1 N–H and O–H groups in total. The van der Waals surface area contributed by atoms with Gasteiger partial charge in [0.2, 0.25) is 0 Å². The van der Waals surface area contributed by atoms with Gasteiger partial charge in [-0.1, -0.05) is 81.4 Å². The zero-order valence-corrected chi connectivity index (χ0v) is 22.5. The molecule has 5 rings (SSSR count). The van der Waals surface area contributed by atoms with Gasteiger partial charge in [0.25, 0.3) is 5.91 Å². The van der Waals surface area contributed by atoms with Crippen LogP contribution in [-0.4, -0.2) is 21.7 Å². The molecule has 0 saturated heterocycles. The van der Waals surface area contributed by atoms with E-state index in [2.05, 4.69) is 80.0 Å². The first-order valence-electron chi connectivity index (χ1n) is 12.8. The van der Waals surface area contributed by atoms with E-state index in [0.29, 0.717) is 5.56 Å². The van der Waals surface area contributed by atoms with E-state index in [-0.39, 0.29) is 11.3 Å². The molecule has 0 unspecified atom stereocenters. The molecule has 1 amide bonds. The summed E-state index contributed by atoms with van der Waals surface area (Å²) in [5, 5.41) is 5.11. The van der Waals surface area contributed by atoms with Crippen molar-refractivity contribution in [1.82, 2.24) is 15.0 Å². The van der Waals surface area contributed by atoms with Crippen LogP contribution in [0.3, 0.4) is 0 Å². The molecular formula is C33H32N4O. The fraction of sp³-hybridized carbons (Fsp3) is 0.182. The van der Waals surface area contributed by atoms with Crippen molar-refractivity contribution in [3.8, 4) is 16.9 Å². The van der Waals surface area contributed by atoms with Crippen molar-refractivity contribution in [2.24, 2.45) is 5.10 Å². The van der Waals surface area contributed by atoms with E-state index in [9.17, 15) is 4.79 Å². The Balaban J connectivity index is 1.40. The maximum Gasteiger partial charge on any atom is 0.272 e. The van der Waals surface area contributed by atoms with Gasteiger partial charge < -0.3 is 4.57 Å². The minimum absolute atomic E-state index is 0.108. The molecule has 2 aromatic heterocycles. The van der Waals surface area contributed by atoms with Crippen LogP contribution >= 0.6 is 0 Å². The number of amides is 1. The highest BCUT2D eigenvalue weighted by Gasteiger charge is 2.16. The van der Waals surface area contributed by atoms with Gasteiger partial charge in [-0.05, 0) is 55.2 Å². The van der Waals surface area contributed by atoms with Crippen LogP contribution in [0.2, 0.25) is 0 Å². The lowest BCUT2D eigenvalue weighted by molar-refractivity contribution is 0.0956. The third-order valence-corrected chi connectivity index (χ3v) is 6.86. The number of carbonyl (C=O) groups excluding carboxylic acids is 1. The summed E-state index contributed by atoms with van der Waals surface area (Å²) in [4.78, 5) is 18.0. The van der Waals surface area contributed by atoms with Gasteiger partial charge in [-0.2, -0.15) is 5.10 Å². The predicted octanol–water partition coefficient (Wildman–Crippen LogP) is 7.37. The molecule has 0 atom stereocenters. The zero-order chi connectivity index (χ0) is 26.9. The number of para-hydroxylation sites is 1. The largest absolute Gasteiger partial charge is 0.318 e. The number of nitrogens with zero attached hydrogens (tertiary/aromatic N) is 3. The van der Waals surface area contributed by atoms with Gasteiger partial charge in [0.05, 0.1) is 23.0 Å². The number of carbonyl (C=O) groups is 1. The molecule has 190 valence electrons. The van der Waals surface area contributed by atoms with Gasteiger partial charge in [-0.15, -0.1) is 0 Å². The maximum absolute atomic E-state index is 13.3. The Labute approximate surface area is 223 Å². The molecular weight excluding hydrogens is 468 g/mol. The number of fused-ring (bicyclic) bond motifs is 1. The van der Waals surface area contributed by atoms with E-state index in [1.54, 1.807) is 6.21 Å². The first kappa shape index (κ1) is 25.2. The van der Waals surface area contributed by atoms with Crippen molar-refractivity contribution in [1.29, 1.82) is 0 Å². The molecule has 0 bridgehead atoms. The number of hydrogen-bond donors (Lipinski definition) is 1. The van der Waals surface area contributed by atoms with Gasteiger partial charge in [-0.25, -0.2) is 10.4 Å². The molecule has 0 radical (unpaired) electrons. The summed E-state index contributed by atoms with van der Waals surface area (Å²) < 4.78 is 2.21. The third-order valence-electron chi connectivity index (χ3n) is 6.86. The molecule has 0 aliphatic heterocycles. The van der Waals surface area contributed by atoms with Crippen molar-refractivity contribution in [2.45, 2.75) is 40.0 Å². The van der Waals surface area contributed by atoms with Crippen molar-refractivity contribution in [3.05, 3.63) is 119 Å². The van der Waals surface area contributed by atoms with Gasteiger partial charge >= 0.3 is 0 Å². The minimum Gasteiger partial charge on any atom is -0.318 e. The van der Waals surface area contributed by atoms with Crippen LogP contribution in [0.25, 0.3) is 27.8 Å². The van der Waals surface area contributed by atoms with E-state index >= 15 is 0 Å². The normalized spacial score (nSPS) is 11.8. The van der Waals surface area contributed by atoms with Crippen molar-refractivity contribution in [3.63, 3.8) is 0 Å². The van der Waals surface area contributed by atoms with E-state index in [1.807, 2.05) is 60.7 Å². The Morgan fingerprint density at radius 1 is 0.895 bits per heavy atom. The first-order chi connectivity index (χ1) is 18.2. The highest BCUT2D eigenvalue weighted by Crippen LogP contribution is 2.26. The molecule has 2 heterocycles. The number of rotatable bonds is 5. The van der Waals surface area contributed by atoms with Gasteiger partial charge in [0.1, 0.15) is 0 Å². The summed E-state index contributed by atoms with van der Waals surface area (Å²) in [5.41, 5.74) is 11.4. The average Bonchev–Trinajstić information content (AvgIpc) is 3.20. The van der Waals surface area contributed by atoms with Crippen molar-refractivity contribution >= 4 is 23.0 Å². The van der Waals surface area contributed by atoms with Crippen molar-refractivity contribution in [2.75, 3.05) is 0 Å². The Morgan fingerprint density at radius 2 is 1.58 bits per heavy atom. The summed E-state index contributed by atoms with van der Waals surface area (Å²) in [6, 6.07) is 30.1. The summed E-state index contributed by atoms with van der Waals surface area (Å²) in [7, 11) is 0. The van der Waals surface area contributed by atoms with E-state index in [0.717, 1.165) is 44.8 Å². The van der Waals surface area contributed by atoms with Crippen LogP contribution in [0.1, 0.15) is 53.6 Å². The number of pyridine rings is 1. The lowest BCUT2D eigenvalue weighted by Crippen LogP contribution is -2.18. The highest BCUT2D eigenvalue weighted by atomic mass is 16.2. The van der Waals surface area contributed by atoms with Crippen LogP contribution in [0, 0.1) is 13.8 Å².